The highest BCUT2D eigenvalue weighted by atomic mass is 32.1. The number of amides is 2. The normalized spacial score (nSPS) is 14.0. The van der Waals surface area contributed by atoms with Crippen LogP contribution in [0.5, 0.6) is 0 Å². The Morgan fingerprint density at radius 1 is 1.10 bits per heavy atom. The van der Waals surface area contributed by atoms with Gasteiger partial charge in [0.1, 0.15) is 22.1 Å². The van der Waals surface area contributed by atoms with E-state index in [4.69, 9.17) is 0 Å². The number of halogens is 2. The number of aromatic nitrogens is 6. The molecule has 0 spiro atoms. The first-order valence-corrected chi connectivity index (χ1v) is 14.3. The van der Waals surface area contributed by atoms with Crippen LogP contribution in [0.25, 0.3) is 22.0 Å². The summed E-state index contributed by atoms with van der Waals surface area (Å²) < 4.78 is 31.5. The summed E-state index contributed by atoms with van der Waals surface area (Å²) in [5, 5.41) is 16.3. The maximum absolute atomic E-state index is 14.7. The fraction of sp³-hybridized carbons (Fsp3) is 0.407. The van der Waals surface area contributed by atoms with E-state index in [1.54, 1.807) is 22.5 Å². The van der Waals surface area contributed by atoms with E-state index in [1.165, 1.54) is 22.2 Å². The van der Waals surface area contributed by atoms with Crippen molar-refractivity contribution >= 4 is 29.0 Å². The van der Waals surface area contributed by atoms with Crippen LogP contribution in [0.3, 0.4) is 0 Å². The zero-order chi connectivity index (χ0) is 28.9. The quantitative estimate of drug-likeness (QED) is 0.214. The predicted molar refractivity (Wildman–Crippen MR) is 151 cm³/mol. The van der Waals surface area contributed by atoms with Gasteiger partial charge in [0.15, 0.2) is 5.82 Å². The Morgan fingerprint density at radius 3 is 2.68 bits per heavy atom. The second-order valence-electron chi connectivity index (χ2n) is 10.2. The number of carbonyl (C=O) groups excluding carboxylic acids is 2. The highest BCUT2D eigenvalue weighted by Gasteiger charge is 2.24. The fourth-order valence-electron chi connectivity index (χ4n) is 4.69. The van der Waals surface area contributed by atoms with Gasteiger partial charge in [-0.15, -0.1) is 11.3 Å². The largest absolute Gasteiger partial charge is 0.342 e. The second-order valence-corrected chi connectivity index (χ2v) is 11.0. The maximum atomic E-state index is 14.7. The molecule has 0 unspecified atom stereocenters. The van der Waals surface area contributed by atoms with Gasteiger partial charge in [-0.05, 0) is 52.0 Å². The summed E-state index contributed by atoms with van der Waals surface area (Å²) in [7, 11) is 3.93. The van der Waals surface area contributed by atoms with Crippen molar-refractivity contribution in [1.29, 1.82) is 0 Å². The van der Waals surface area contributed by atoms with Crippen molar-refractivity contribution in [2.24, 2.45) is 0 Å². The van der Waals surface area contributed by atoms with E-state index in [-0.39, 0.29) is 34.8 Å². The SMILES string of the molecule is CN(C)CCCNC(=O)n1cc(-c2nc(C(=O)Nc3cn(C4CCCCC4)nc3-c3nc(F)ccc3F)cs2)cn1. The number of pyridine rings is 1. The first-order chi connectivity index (χ1) is 19.8. The fourth-order valence-corrected chi connectivity index (χ4v) is 5.46. The molecule has 0 aromatic carbocycles. The van der Waals surface area contributed by atoms with Crippen LogP contribution < -0.4 is 10.6 Å². The molecule has 4 aromatic rings. The lowest BCUT2D eigenvalue weighted by molar-refractivity contribution is 0.102. The molecule has 2 N–H and O–H groups in total. The first-order valence-electron chi connectivity index (χ1n) is 13.4. The van der Waals surface area contributed by atoms with Crippen LogP contribution in [0.15, 0.2) is 36.1 Å². The van der Waals surface area contributed by atoms with E-state index in [9.17, 15) is 18.4 Å². The molecule has 14 heteroatoms. The minimum atomic E-state index is -0.849. The van der Waals surface area contributed by atoms with E-state index in [0.29, 0.717) is 17.1 Å². The standard InChI is InChI=1S/C27H31F2N9O2S/c1-36(2)12-6-11-30-27(40)38-14-17(13-31-38)26-33-21(16-41-26)25(39)32-20-15-37(18-7-4-3-5-8-18)35-24(20)23-19(28)9-10-22(29)34-23/h9-10,13-16,18H,3-8,11-12H2,1-2H3,(H,30,40)(H,32,39). The third-order valence-electron chi connectivity index (χ3n) is 6.80. The van der Waals surface area contributed by atoms with E-state index in [2.05, 4.69) is 30.8 Å². The summed E-state index contributed by atoms with van der Waals surface area (Å²) in [5.41, 5.74) is 0.686. The molecule has 4 aromatic heterocycles. The predicted octanol–water partition coefficient (Wildman–Crippen LogP) is 4.81. The lowest BCUT2D eigenvalue weighted by Gasteiger charge is -2.21. The van der Waals surface area contributed by atoms with Crippen molar-refractivity contribution in [3.8, 4) is 22.0 Å². The minimum absolute atomic E-state index is 0.0502. The Labute approximate surface area is 239 Å². The summed E-state index contributed by atoms with van der Waals surface area (Å²) in [4.78, 5) is 35.8. The summed E-state index contributed by atoms with van der Waals surface area (Å²) in [5.74, 6) is -2.14. The zero-order valence-corrected chi connectivity index (χ0v) is 23.6. The number of nitrogens with one attached hydrogen (secondary N) is 2. The molecular weight excluding hydrogens is 552 g/mol. The van der Waals surface area contributed by atoms with Gasteiger partial charge in [-0.1, -0.05) is 19.3 Å². The van der Waals surface area contributed by atoms with Crippen LogP contribution in [-0.2, 0) is 0 Å². The molecule has 1 fully saturated rings. The lowest BCUT2D eigenvalue weighted by Crippen LogP contribution is -2.31. The van der Waals surface area contributed by atoms with Gasteiger partial charge in [0.05, 0.1) is 17.9 Å². The van der Waals surface area contributed by atoms with Gasteiger partial charge in [0.25, 0.3) is 5.91 Å². The van der Waals surface area contributed by atoms with Crippen LogP contribution in [0.4, 0.5) is 19.3 Å². The molecule has 5 rings (SSSR count). The molecule has 0 bridgehead atoms. The summed E-state index contributed by atoms with van der Waals surface area (Å²) in [6.45, 7) is 1.37. The number of hydrogen-bond acceptors (Lipinski definition) is 8. The average molecular weight is 584 g/mol. The van der Waals surface area contributed by atoms with Crippen LogP contribution >= 0.6 is 11.3 Å². The van der Waals surface area contributed by atoms with Crippen molar-refractivity contribution in [3.05, 3.63) is 53.6 Å². The maximum Gasteiger partial charge on any atom is 0.342 e. The van der Waals surface area contributed by atoms with Crippen molar-refractivity contribution in [3.63, 3.8) is 0 Å². The Kier molecular flexibility index (Phi) is 8.78. The van der Waals surface area contributed by atoms with Crippen LogP contribution in [0, 0.1) is 11.8 Å². The average Bonchev–Trinajstić information content (AvgIpc) is 3.72. The van der Waals surface area contributed by atoms with Gasteiger partial charge < -0.3 is 15.5 Å². The molecule has 1 saturated carbocycles. The molecule has 0 radical (unpaired) electrons. The highest BCUT2D eigenvalue weighted by Crippen LogP contribution is 2.34. The van der Waals surface area contributed by atoms with Gasteiger partial charge in [-0.2, -0.15) is 19.3 Å². The summed E-state index contributed by atoms with van der Waals surface area (Å²) >= 11 is 1.22. The highest BCUT2D eigenvalue weighted by molar-refractivity contribution is 7.13. The van der Waals surface area contributed by atoms with Gasteiger partial charge in [-0.25, -0.2) is 19.2 Å². The smallest absolute Gasteiger partial charge is 0.336 e. The van der Waals surface area contributed by atoms with Crippen molar-refractivity contribution < 1.29 is 18.4 Å². The number of rotatable bonds is 9. The third-order valence-corrected chi connectivity index (χ3v) is 7.69. The van der Waals surface area contributed by atoms with Gasteiger partial charge >= 0.3 is 6.03 Å². The minimum Gasteiger partial charge on any atom is -0.336 e. The van der Waals surface area contributed by atoms with Gasteiger partial charge in [0, 0.05) is 29.9 Å². The first kappa shape index (κ1) is 28.5. The molecule has 1 aliphatic carbocycles. The molecule has 0 aliphatic heterocycles. The molecule has 216 valence electrons. The van der Waals surface area contributed by atoms with Gasteiger partial charge in [0.2, 0.25) is 5.95 Å². The monoisotopic (exact) mass is 583 g/mol. The van der Waals surface area contributed by atoms with E-state index >= 15 is 0 Å². The molecule has 11 nitrogen and oxygen atoms in total. The molecule has 1 aliphatic rings. The topological polar surface area (TPSA) is 123 Å². The Balaban J connectivity index is 1.32. The van der Waals surface area contributed by atoms with Crippen LogP contribution in [0.1, 0.15) is 55.1 Å². The van der Waals surface area contributed by atoms with E-state index in [1.807, 2.05) is 19.0 Å². The van der Waals surface area contributed by atoms with Crippen molar-refractivity contribution in [1.82, 2.24) is 39.7 Å². The number of carbonyl (C=O) groups is 2. The number of nitrogens with zero attached hydrogens (tertiary/aromatic N) is 7. The molecule has 41 heavy (non-hydrogen) atoms. The second kappa shape index (κ2) is 12.6. The Hall–Kier alpha value is -4.04. The lowest BCUT2D eigenvalue weighted by atomic mass is 9.96. The zero-order valence-electron chi connectivity index (χ0n) is 22.8. The van der Waals surface area contributed by atoms with Crippen LogP contribution in [0.2, 0.25) is 0 Å². The molecule has 0 atom stereocenters. The summed E-state index contributed by atoms with van der Waals surface area (Å²) in [6, 6.07) is 1.66. The molecule has 0 saturated heterocycles. The van der Waals surface area contributed by atoms with Crippen molar-refractivity contribution in [2.45, 2.75) is 44.6 Å². The Bertz CT molecular complexity index is 1520. The summed E-state index contributed by atoms with van der Waals surface area (Å²) in [6.07, 6.45) is 10.5. The van der Waals surface area contributed by atoms with Crippen LogP contribution in [-0.4, -0.2) is 73.6 Å². The molecular formula is C27H31F2N9O2S. The Morgan fingerprint density at radius 2 is 1.90 bits per heavy atom. The number of hydrogen-bond donors (Lipinski definition) is 2. The molecule has 4 heterocycles. The van der Waals surface area contributed by atoms with Crippen molar-refractivity contribution in [2.75, 3.05) is 32.5 Å². The third kappa shape index (κ3) is 6.82. The number of anilines is 1. The van der Waals surface area contributed by atoms with E-state index < -0.39 is 17.7 Å². The van der Waals surface area contributed by atoms with E-state index in [0.717, 1.165) is 57.2 Å². The van der Waals surface area contributed by atoms with Gasteiger partial charge in [-0.3, -0.25) is 9.48 Å². The molecule has 2 amide bonds. The number of thiazole rings is 1.